The van der Waals surface area contributed by atoms with Gasteiger partial charge in [-0.3, -0.25) is 4.79 Å². The van der Waals surface area contributed by atoms with Crippen LogP contribution in [0, 0.1) is 5.41 Å². The Morgan fingerprint density at radius 2 is 1.10 bits per heavy atom. The van der Waals surface area contributed by atoms with Gasteiger partial charge in [-0.25, -0.2) is 0 Å². The van der Waals surface area contributed by atoms with Crippen molar-refractivity contribution in [1.82, 2.24) is 0 Å². The Kier molecular flexibility index (Phi) is 10.3. The van der Waals surface area contributed by atoms with Gasteiger partial charge < -0.3 is 28.8 Å². The molecule has 3 aromatic carbocycles. The molecule has 1 aliphatic rings. The topological polar surface area (TPSA) is 83.5 Å². The number of ether oxygens (including phenoxy) is 5. The molecular formula is C32H38O7. The van der Waals surface area contributed by atoms with Crippen LogP contribution in [-0.2, 0) is 48.3 Å². The number of aliphatic hydroxyl groups is 1. The minimum absolute atomic E-state index is 0.0940. The van der Waals surface area contributed by atoms with E-state index in [-0.39, 0.29) is 32.4 Å². The third-order valence-electron chi connectivity index (χ3n) is 6.46. The Morgan fingerprint density at radius 3 is 1.54 bits per heavy atom. The molecule has 1 N–H and O–H groups in total. The molecule has 0 saturated carbocycles. The first-order valence-electron chi connectivity index (χ1n) is 13.3. The van der Waals surface area contributed by atoms with Crippen LogP contribution >= 0.6 is 0 Å². The number of hydrogen-bond donors (Lipinski definition) is 1. The summed E-state index contributed by atoms with van der Waals surface area (Å²) in [7, 11) is 0. The first kappa shape index (κ1) is 28.9. The molecule has 0 aromatic heterocycles. The van der Waals surface area contributed by atoms with Gasteiger partial charge in [-0.1, -0.05) is 91.0 Å². The summed E-state index contributed by atoms with van der Waals surface area (Å²) in [5.41, 5.74) is 2.21. The molecule has 1 saturated heterocycles. The summed E-state index contributed by atoms with van der Waals surface area (Å²) in [4.78, 5) is 12.6. The predicted molar refractivity (Wildman–Crippen MR) is 146 cm³/mol. The molecule has 39 heavy (non-hydrogen) atoms. The second-order valence-corrected chi connectivity index (χ2v) is 10.7. The fraction of sp³-hybridized carbons (Fsp3) is 0.406. The van der Waals surface area contributed by atoms with E-state index >= 15 is 0 Å². The Bertz CT molecular complexity index is 1130. The molecule has 4 rings (SSSR count). The van der Waals surface area contributed by atoms with Crippen molar-refractivity contribution in [3.8, 4) is 0 Å². The molecule has 0 spiro atoms. The molecule has 3 aromatic rings. The van der Waals surface area contributed by atoms with Gasteiger partial charge in [0.05, 0.1) is 25.2 Å². The van der Waals surface area contributed by atoms with Gasteiger partial charge in [0.25, 0.3) is 0 Å². The first-order chi connectivity index (χ1) is 18.8. The number of hydrogen-bond acceptors (Lipinski definition) is 7. The molecule has 0 unspecified atom stereocenters. The van der Waals surface area contributed by atoms with Crippen LogP contribution in [0.15, 0.2) is 91.0 Å². The number of esters is 1. The lowest BCUT2D eigenvalue weighted by molar-refractivity contribution is -0.316. The highest BCUT2D eigenvalue weighted by atomic mass is 16.7. The molecule has 7 nitrogen and oxygen atoms in total. The highest BCUT2D eigenvalue weighted by Crippen LogP contribution is 2.30. The summed E-state index contributed by atoms with van der Waals surface area (Å²) in [5, 5.41) is 11.1. The van der Waals surface area contributed by atoms with E-state index in [1.807, 2.05) is 91.0 Å². The highest BCUT2D eigenvalue weighted by molar-refractivity contribution is 5.75. The molecule has 1 heterocycles. The summed E-state index contributed by atoms with van der Waals surface area (Å²) < 4.78 is 30.6. The van der Waals surface area contributed by atoms with Gasteiger partial charge in [-0.05, 0) is 37.5 Å². The molecular weight excluding hydrogens is 496 g/mol. The van der Waals surface area contributed by atoms with E-state index in [9.17, 15) is 9.90 Å². The van der Waals surface area contributed by atoms with Gasteiger partial charge in [-0.15, -0.1) is 0 Å². The molecule has 0 aliphatic carbocycles. The highest BCUT2D eigenvalue weighted by Gasteiger charge is 2.48. The Morgan fingerprint density at radius 1 is 0.692 bits per heavy atom. The van der Waals surface area contributed by atoms with Gasteiger partial charge >= 0.3 is 5.97 Å². The van der Waals surface area contributed by atoms with Gasteiger partial charge in [0.2, 0.25) is 0 Å². The van der Waals surface area contributed by atoms with E-state index in [4.69, 9.17) is 23.7 Å². The average molecular weight is 535 g/mol. The lowest BCUT2D eigenvalue weighted by atomic mass is 9.96. The largest absolute Gasteiger partial charge is 0.462 e. The van der Waals surface area contributed by atoms with Gasteiger partial charge in [0.15, 0.2) is 6.29 Å². The molecule has 0 bridgehead atoms. The van der Waals surface area contributed by atoms with E-state index in [1.165, 1.54) is 0 Å². The van der Waals surface area contributed by atoms with Crippen molar-refractivity contribution in [3.63, 3.8) is 0 Å². The number of aliphatic hydroxyl groups excluding tert-OH is 1. The van der Waals surface area contributed by atoms with Crippen LogP contribution in [0.4, 0.5) is 0 Å². The van der Waals surface area contributed by atoms with Crippen LogP contribution in [0.2, 0.25) is 0 Å². The van der Waals surface area contributed by atoms with E-state index in [0.29, 0.717) is 0 Å². The molecule has 1 fully saturated rings. The standard InChI is InChI=1S/C32H38O7/c1-32(2,3)31(34)38-22-26-27(35-19-23-13-7-4-8-14-23)28(36-20-24-15-9-5-10-16-24)29(30(33)39-26)37-21-25-17-11-6-12-18-25/h4-18,26-30,33H,19-22H2,1-3H3/t26-,27+,28+,29-,30+/m1/s1. The second-order valence-electron chi connectivity index (χ2n) is 10.7. The Hall–Kier alpha value is -3.07. The molecule has 5 atom stereocenters. The van der Waals surface area contributed by atoms with Crippen molar-refractivity contribution in [2.24, 2.45) is 5.41 Å². The number of carbonyl (C=O) groups is 1. The average Bonchev–Trinajstić information content (AvgIpc) is 2.94. The maximum Gasteiger partial charge on any atom is 0.311 e. The predicted octanol–water partition coefficient (Wildman–Crippen LogP) is 5.05. The van der Waals surface area contributed by atoms with Crippen LogP contribution in [-0.4, -0.2) is 48.4 Å². The molecule has 7 heteroatoms. The van der Waals surface area contributed by atoms with Crippen molar-refractivity contribution < 1.29 is 33.6 Å². The number of rotatable bonds is 11. The lowest BCUT2D eigenvalue weighted by Crippen LogP contribution is -2.61. The van der Waals surface area contributed by atoms with Crippen LogP contribution < -0.4 is 0 Å². The van der Waals surface area contributed by atoms with E-state index < -0.39 is 36.1 Å². The smallest absolute Gasteiger partial charge is 0.311 e. The molecule has 208 valence electrons. The second kappa shape index (κ2) is 13.8. The van der Waals surface area contributed by atoms with Crippen molar-refractivity contribution in [2.75, 3.05) is 6.61 Å². The minimum Gasteiger partial charge on any atom is -0.462 e. The summed E-state index contributed by atoms with van der Waals surface area (Å²) in [5.74, 6) is -0.369. The minimum atomic E-state index is -1.32. The monoisotopic (exact) mass is 534 g/mol. The van der Waals surface area contributed by atoms with Crippen LogP contribution in [0.3, 0.4) is 0 Å². The molecule has 1 aliphatic heterocycles. The summed E-state index contributed by atoms with van der Waals surface area (Å²) >= 11 is 0. The van der Waals surface area contributed by atoms with Crippen LogP contribution in [0.5, 0.6) is 0 Å². The third kappa shape index (κ3) is 8.46. The van der Waals surface area contributed by atoms with E-state index in [0.717, 1.165) is 16.7 Å². The SMILES string of the molecule is CC(C)(C)C(=O)OC[C@H]1O[C@H](O)[C@H](OCc2ccccc2)[C@@H](OCc2ccccc2)[C@H]1OCc1ccccc1. The van der Waals surface area contributed by atoms with Crippen LogP contribution in [0.25, 0.3) is 0 Å². The van der Waals surface area contributed by atoms with Crippen LogP contribution in [0.1, 0.15) is 37.5 Å². The molecule has 0 radical (unpaired) electrons. The zero-order chi connectivity index (χ0) is 27.7. The first-order valence-corrected chi connectivity index (χ1v) is 13.3. The van der Waals surface area contributed by atoms with Crippen molar-refractivity contribution in [2.45, 2.75) is 71.3 Å². The van der Waals surface area contributed by atoms with E-state index in [2.05, 4.69) is 0 Å². The fourth-order valence-electron chi connectivity index (χ4n) is 4.27. The zero-order valence-corrected chi connectivity index (χ0v) is 22.8. The van der Waals surface area contributed by atoms with Crippen molar-refractivity contribution >= 4 is 5.97 Å². The summed E-state index contributed by atoms with van der Waals surface area (Å²) in [6.45, 7) is 6.08. The Balaban J connectivity index is 1.58. The normalized spacial score (nSPS) is 23.3. The Labute approximate surface area is 230 Å². The zero-order valence-electron chi connectivity index (χ0n) is 22.8. The number of carbonyl (C=O) groups excluding carboxylic acids is 1. The fourth-order valence-corrected chi connectivity index (χ4v) is 4.27. The quantitative estimate of drug-likeness (QED) is 0.345. The van der Waals surface area contributed by atoms with E-state index in [1.54, 1.807) is 20.8 Å². The van der Waals surface area contributed by atoms with Gasteiger partial charge in [0.1, 0.15) is 31.0 Å². The maximum atomic E-state index is 12.6. The van der Waals surface area contributed by atoms with Crippen molar-refractivity contribution in [1.29, 1.82) is 0 Å². The number of benzene rings is 3. The lowest BCUT2D eigenvalue weighted by Gasteiger charge is -2.44. The van der Waals surface area contributed by atoms with Gasteiger partial charge in [0, 0.05) is 0 Å². The molecule has 0 amide bonds. The summed E-state index contributed by atoms with van der Waals surface area (Å²) in [6.07, 6.45) is -4.33. The maximum absolute atomic E-state index is 12.6. The summed E-state index contributed by atoms with van der Waals surface area (Å²) in [6, 6.07) is 29.2. The van der Waals surface area contributed by atoms with Gasteiger partial charge in [-0.2, -0.15) is 0 Å². The third-order valence-corrected chi connectivity index (χ3v) is 6.46. The van der Waals surface area contributed by atoms with Crippen molar-refractivity contribution in [3.05, 3.63) is 108 Å².